The summed E-state index contributed by atoms with van der Waals surface area (Å²) in [6.45, 7) is 4.76. The number of hydrogen-bond donors (Lipinski definition) is 1. The molecule has 1 atom stereocenters. The van der Waals surface area contributed by atoms with E-state index in [9.17, 15) is 4.39 Å². The molecule has 0 aliphatic heterocycles. The highest BCUT2D eigenvalue weighted by Crippen LogP contribution is 2.28. The molecule has 120 valence electrons. The molecule has 0 aliphatic rings. The molecule has 3 aromatic rings. The van der Waals surface area contributed by atoms with E-state index in [0.29, 0.717) is 12.1 Å². The van der Waals surface area contributed by atoms with Crippen LogP contribution in [0.25, 0.3) is 10.9 Å². The van der Waals surface area contributed by atoms with E-state index in [1.54, 1.807) is 6.07 Å². The van der Waals surface area contributed by atoms with Gasteiger partial charge in [0.15, 0.2) is 0 Å². The van der Waals surface area contributed by atoms with E-state index in [0.717, 1.165) is 18.4 Å². The second-order valence-corrected chi connectivity index (χ2v) is 6.13. The van der Waals surface area contributed by atoms with Crippen LogP contribution >= 0.6 is 0 Å². The predicted molar refractivity (Wildman–Crippen MR) is 94.1 cm³/mol. The van der Waals surface area contributed by atoms with E-state index in [1.807, 2.05) is 18.2 Å². The van der Waals surface area contributed by atoms with E-state index >= 15 is 0 Å². The Morgan fingerprint density at radius 2 is 1.78 bits per heavy atom. The van der Waals surface area contributed by atoms with Gasteiger partial charge in [0.2, 0.25) is 0 Å². The number of rotatable bonds is 5. The van der Waals surface area contributed by atoms with Gasteiger partial charge in [-0.3, -0.25) is 0 Å². The fraction of sp³-hybridized carbons (Fsp3) is 0.300. The number of benzene rings is 2. The third kappa shape index (κ3) is 3.02. The molecule has 2 N–H and O–H groups in total. The topological polar surface area (TPSA) is 30.9 Å². The lowest BCUT2D eigenvalue weighted by Crippen LogP contribution is -2.21. The molecule has 2 aromatic carbocycles. The van der Waals surface area contributed by atoms with Crippen molar-refractivity contribution in [1.29, 1.82) is 0 Å². The highest BCUT2D eigenvalue weighted by molar-refractivity contribution is 5.85. The van der Waals surface area contributed by atoms with Crippen LogP contribution in [-0.2, 0) is 13.0 Å². The Bertz CT molecular complexity index is 820. The maximum absolute atomic E-state index is 14.0. The molecule has 0 saturated carbocycles. The zero-order chi connectivity index (χ0) is 16.4. The second kappa shape index (κ2) is 6.55. The van der Waals surface area contributed by atoms with E-state index in [2.05, 4.69) is 36.6 Å². The van der Waals surface area contributed by atoms with Crippen molar-refractivity contribution in [2.45, 2.75) is 39.3 Å². The van der Waals surface area contributed by atoms with E-state index in [4.69, 9.17) is 5.73 Å². The largest absolute Gasteiger partial charge is 0.340 e. The monoisotopic (exact) mass is 310 g/mol. The van der Waals surface area contributed by atoms with Crippen LogP contribution in [0.5, 0.6) is 0 Å². The molecule has 0 saturated heterocycles. The first-order valence-electron chi connectivity index (χ1n) is 8.17. The molecule has 2 nitrogen and oxygen atoms in total. The van der Waals surface area contributed by atoms with Crippen molar-refractivity contribution in [3.8, 4) is 0 Å². The lowest BCUT2D eigenvalue weighted by molar-refractivity contribution is 0.599. The highest BCUT2D eigenvalue weighted by atomic mass is 19.1. The Labute approximate surface area is 136 Å². The average molecular weight is 310 g/mol. The molecule has 1 aromatic heterocycles. The van der Waals surface area contributed by atoms with Gasteiger partial charge in [-0.15, -0.1) is 0 Å². The molecule has 23 heavy (non-hydrogen) atoms. The van der Waals surface area contributed by atoms with Gasteiger partial charge in [0, 0.05) is 28.2 Å². The van der Waals surface area contributed by atoms with Crippen LogP contribution in [0.15, 0.2) is 48.5 Å². The fourth-order valence-corrected chi connectivity index (χ4v) is 3.17. The fourth-order valence-electron chi connectivity index (χ4n) is 3.17. The van der Waals surface area contributed by atoms with Crippen LogP contribution in [0, 0.1) is 12.7 Å². The number of hydrogen-bond acceptors (Lipinski definition) is 1. The summed E-state index contributed by atoms with van der Waals surface area (Å²) >= 11 is 0. The molecule has 1 unspecified atom stereocenters. The van der Waals surface area contributed by atoms with Gasteiger partial charge in [-0.1, -0.05) is 43.3 Å². The molecule has 0 fully saturated rings. The summed E-state index contributed by atoms with van der Waals surface area (Å²) in [6.07, 6.45) is 1.80. The lowest BCUT2D eigenvalue weighted by Gasteiger charge is -2.11. The third-order valence-corrected chi connectivity index (χ3v) is 4.64. The summed E-state index contributed by atoms with van der Waals surface area (Å²) in [6, 6.07) is 15.5. The van der Waals surface area contributed by atoms with Crippen molar-refractivity contribution in [3.63, 3.8) is 0 Å². The molecule has 3 heteroatoms. The number of nitrogens with two attached hydrogens (primary N) is 1. The highest BCUT2D eigenvalue weighted by Gasteiger charge is 2.16. The summed E-state index contributed by atoms with van der Waals surface area (Å²) in [5.41, 5.74) is 10.5. The predicted octanol–water partition coefficient (Wildman–Crippen LogP) is 4.42. The van der Waals surface area contributed by atoms with Crippen LogP contribution in [0.2, 0.25) is 0 Å². The van der Waals surface area contributed by atoms with Gasteiger partial charge in [-0.25, -0.2) is 4.39 Å². The minimum absolute atomic E-state index is 0.154. The SMILES string of the molecule is CCC(N)Cc1c(C)n(Cc2ccccc2F)c2ccccc12. The first-order chi connectivity index (χ1) is 11.1. The zero-order valence-electron chi connectivity index (χ0n) is 13.7. The van der Waals surface area contributed by atoms with Crippen molar-refractivity contribution >= 4 is 10.9 Å². The van der Waals surface area contributed by atoms with Crippen LogP contribution in [0.3, 0.4) is 0 Å². The first kappa shape index (κ1) is 15.8. The standard InChI is InChI=1S/C20H23FN2/c1-3-16(22)12-18-14(2)23(20-11-7-5-9-17(18)20)13-15-8-4-6-10-19(15)21/h4-11,16H,3,12-13,22H2,1-2H3. The Morgan fingerprint density at radius 1 is 1.09 bits per heavy atom. The summed E-state index contributed by atoms with van der Waals surface area (Å²) in [5, 5.41) is 1.23. The van der Waals surface area contributed by atoms with Crippen LogP contribution in [-0.4, -0.2) is 10.6 Å². The molecule has 0 bridgehead atoms. The molecular weight excluding hydrogens is 287 g/mol. The van der Waals surface area contributed by atoms with E-state index < -0.39 is 0 Å². The van der Waals surface area contributed by atoms with Crippen molar-refractivity contribution in [2.24, 2.45) is 5.73 Å². The Morgan fingerprint density at radius 3 is 2.52 bits per heavy atom. The first-order valence-corrected chi connectivity index (χ1v) is 8.17. The Kier molecular flexibility index (Phi) is 4.49. The average Bonchev–Trinajstić information content (AvgIpc) is 2.82. The van der Waals surface area contributed by atoms with Crippen molar-refractivity contribution < 1.29 is 4.39 Å². The number of para-hydroxylation sites is 1. The summed E-state index contributed by atoms with van der Waals surface area (Å²) in [5.74, 6) is -0.156. The lowest BCUT2D eigenvalue weighted by atomic mass is 10.0. The Hall–Kier alpha value is -2.13. The van der Waals surface area contributed by atoms with Crippen LogP contribution in [0.1, 0.15) is 30.2 Å². The summed E-state index contributed by atoms with van der Waals surface area (Å²) in [4.78, 5) is 0. The van der Waals surface area contributed by atoms with Crippen LogP contribution in [0.4, 0.5) is 4.39 Å². The van der Waals surface area contributed by atoms with Crippen molar-refractivity contribution in [1.82, 2.24) is 4.57 Å². The molecule has 0 aliphatic carbocycles. The van der Waals surface area contributed by atoms with Crippen molar-refractivity contribution in [2.75, 3.05) is 0 Å². The molecule has 0 radical (unpaired) electrons. The van der Waals surface area contributed by atoms with Crippen LogP contribution < -0.4 is 5.73 Å². The number of halogens is 1. The van der Waals surface area contributed by atoms with E-state index in [1.165, 1.54) is 22.7 Å². The maximum atomic E-state index is 14.0. The van der Waals surface area contributed by atoms with Crippen molar-refractivity contribution in [3.05, 3.63) is 71.2 Å². The summed E-state index contributed by atoms with van der Waals surface area (Å²) in [7, 11) is 0. The minimum Gasteiger partial charge on any atom is -0.340 e. The maximum Gasteiger partial charge on any atom is 0.128 e. The van der Waals surface area contributed by atoms with Gasteiger partial charge >= 0.3 is 0 Å². The van der Waals surface area contributed by atoms with Gasteiger partial charge in [-0.05, 0) is 37.5 Å². The molecular formula is C20H23FN2. The number of aromatic nitrogens is 1. The summed E-state index contributed by atoms with van der Waals surface area (Å²) < 4.78 is 16.2. The molecule has 3 rings (SSSR count). The molecule has 0 spiro atoms. The number of fused-ring (bicyclic) bond motifs is 1. The second-order valence-electron chi connectivity index (χ2n) is 6.13. The van der Waals surface area contributed by atoms with Gasteiger partial charge in [0.05, 0.1) is 6.54 Å². The Balaban J connectivity index is 2.10. The molecule has 0 amide bonds. The van der Waals surface area contributed by atoms with Gasteiger partial charge < -0.3 is 10.3 Å². The quantitative estimate of drug-likeness (QED) is 0.743. The molecule has 1 heterocycles. The smallest absolute Gasteiger partial charge is 0.128 e. The normalized spacial score (nSPS) is 12.7. The number of nitrogens with zero attached hydrogens (tertiary/aromatic N) is 1. The third-order valence-electron chi connectivity index (χ3n) is 4.64. The van der Waals surface area contributed by atoms with Gasteiger partial charge in [-0.2, -0.15) is 0 Å². The zero-order valence-corrected chi connectivity index (χ0v) is 13.7. The van der Waals surface area contributed by atoms with E-state index in [-0.39, 0.29) is 11.9 Å². The van der Waals surface area contributed by atoms with Gasteiger partial charge in [0.1, 0.15) is 5.82 Å². The van der Waals surface area contributed by atoms with Gasteiger partial charge in [0.25, 0.3) is 0 Å². The minimum atomic E-state index is -0.156.